The van der Waals surface area contributed by atoms with Crippen LogP contribution in [0.5, 0.6) is 0 Å². The summed E-state index contributed by atoms with van der Waals surface area (Å²) < 4.78 is 10.1. The van der Waals surface area contributed by atoms with Crippen LogP contribution in [0.15, 0.2) is 0 Å². The molecule has 1 aliphatic rings. The number of carbonyl (C=O) groups is 1. The summed E-state index contributed by atoms with van der Waals surface area (Å²) >= 11 is 4.74. The average molecular weight is 241 g/mol. The molecule has 0 saturated carbocycles. The van der Waals surface area contributed by atoms with Gasteiger partial charge in [-0.2, -0.15) is 11.8 Å². The molecular formula is C6H9BrO3S. The highest BCUT2D eigenvalue weighted by molar-refractivity contribution is 9.09. The molecule has 64 valence electrons. The number of hydrogen-bond acceptors (Lipinski definition) is 4. The lowest BCUT2D eigenvalue weighted by molar-refractivity contribution is -0.170. The Balaban J connectivity index is 2.19. The van der Waals surface area contributed by atoms with E-state index in [-0.39, 0.29) is 17.6 Å². The maximum atomic E-state index is 10.7. The van der Waals surface area contributed by atoms with Gasteiger partial charge in [0.2, 0.25) is 6.29 Å². The first-order valence-electron chi connectivity index (χ1n) is 3.27. The Morgan fingerprint density at radius 2 is 2.64 bits per heavy atom. The minimum absolute atomic E-state index is 0.234. The molecule has 1 rings (SSSR count). The summed E-state index contributed by atoms with van der Waals surface area (Å²) in [6, 6.07) is 0. The van der Waals surface area contributed by atoms with Crippen molar-refractivity contribution in [3.8, 4) is 0 Å². The number of carbonyl (C=O) groups excluding carboxylic acids is 1. The Labute approximate surface area is 77.9 Å². The summed E-state index contributed by atoms with van der Waals surface area (Å²) in [5.74, 6) is 1.47. The van der Waals surface area contributed by atoms with Crippen LogP contribution >= 0.6 is 27.7 Å². The van der Waals surface area contributed by atoms with E-state index in [4.69, 9.17) is 9.47 Å². The van der Waals surface area contributed by atoms with Gasteiger partial charge in [0, 0.05) is 5.75 Å². The molecular weight excluding hydrogens is 232 g/mol. The van der Waals surface area contributed by atoms with Crippen LogP contribution in [-0.2, 0) is 14.3 Å². The van der Waals surface area contributed by atoms with Crippen LogP contribution in [0.4, 0.5) is 0 Å². The van der Waals surface area contributed by atoms with Gasteiger partial charge in [-0.25, -0.2) is 0 Å². The molecule has 5 heteroatoms. The van der Waals surface area contributed by atoms with Gasteiger partial charge in [-0.05, 0) is 0 Å². The molecule has 0 N–H and O–H groups in total. The number of rotatable bonds is 2. The lowest BCUT2D eigenvalue weighted by Crippen LogP contribution is -2.28. The molecule has 1 aliphatic heterocycles. The normalized spacial score (nSPS) is 24.6. The molecule has 11 heavy (non-hydrogen) atoms. The zero-order valence-electron chi connectivity index (χ0n) is 5.92. The average Bonchev–Trinajstić information content (AvgIpc) is 2.06. The molecule has 0 radical (unpaired) electrons. The minimum Gasteiger partial charge on any atom is -0.434 e. The first-order valence-corrected chi connectivity index (χ1v) is 5.55. The highest BCUT2D eigenvalue weighted by atomic mass is 79.9. The van der Waals surface area contributed by atoms with Gasteiger partial charge < -0.3 is 9.47 Å². The maximum absolute atomic E-state index is 10.7. The summed E-state index contributed by atoms with van der Waals surface area (Å²) in [6.07, 6.45) is -0.334. The van der Waals surface area contributed by atoms with Gasteiger partial charge in [-0.15, -0.1) is 0 Å². The van der Waals surface area contributed by atoms with Crippen LogP contribution in [0.25, 0.3) is 0 Å². The zero-order chi connectivity index (χ0) is 8.10. The van der Waals surface area contributed by atoms with E-state index in [1.54, 1.807) is 11.8 Å². The monoisotopic (exact) mass is 240 g/mol. The van der Waals surface area contributed by atoms with E-state index in [0.717, 1.165) is 11.5 Å². The first kappa shape index (κ1) is 9.35. The molecule has 0 aromatic rings. The third-order valence-electron chi connectivity index (χ3n) is 1.16. The molecule has 1 heterocycles. The second-order valence-corrected chi connectivity index (χ2v) is 3.71. The predicted octanol–water partition coefficient (Wildman–Crippen LogP) is 1.01. The fourth-order valence-electron chi connectivity index (χ4n) is 0.712. The van der Waals surface area contributed by atoms with E-state index < -0.39 is 0 Å². The van der Waals surface area contributed by atoms with E-state index in [2.05, 4.69) is 15.9 Å². The fraction of sp³-hybridized carbons (Fsp3) is 0.833. The van der Waals surface area contributed by atoms with Crippen LogP contribution in [0.2, 0.25) is 0 Å². The summed E-state index contributed by atoms with van der Waals surface area (Å²) in [6.45, 7) is 0.672. The number of alkyl halides is 1. The zero-order valence-corrected chi connectivity index (χ0v) is 8.32. The molecule has 0 aliphatic carbocycles. The van der Waals surface area contributed by atoms with E-state index in [9.17, 15) is 4.79 Å². The molecule has 1 atom stereocenters. The number of esters is 1. The van der Waals surface area contributed by atoms with Crippen molar-refractivity contribution in [3.05, 3.63) is 0 Å². The Kier molecular flexibility index (Phi) is 4.25. The lowest BCUT2D eigenvalue weighted by Gasteiger charge is -2.21. The van der Waals surface area contributed by atoms with Gasteiger partial charge in [-0.3, -0.25) is 4.79 Å². The number of halogens is 1. The third kappa shape index (κ3) is 3.44. The standard InChI is InChI=1S/C6H9BrO3S/c7-3-5(8)10-6-4-11-2-1-9-6/h6H,1-4H2. The number of thioether (sulfide) groups is 1. The molecule has 0 amide bonds. The van der Waals surface area contributed by atoms with Crippen molar-refractivity contribution in [1.82, 2.24) is 0 Å². The second-order valence-electron chi connectivity index (χ2n) is 2.00. The quantitative estimate of drug-likeness (QED) is 0.534. The first-order chi connectivity index (χ1) is 5.33. The van der Waals surface area contributed by atoms with E-state index in [1.165, 1.54) is 0 Å². The van der Waals surface area contributed by atoms with Gasteiger partial charge in [0.05, 0.1) is 12.4 Å². The molecule has 3 nitrogen and oxygen atoms in total. The second kappa shape index (κ2) is 5.00. The Morgan fingerprint density at radius 3 is 3.18 bits per heavy atom. The van der Waals surface area contributed by atoms with Crippen LogP contribution < -0.4 is 0 Å². The summed E-state index contributed by atoms with van der Waals surface area (Å²) in [5, 5.41) is 0.234. The van der Waals surface area contributed by atoms with Crippen LogP contribution in [-0.4, -0.2) is 35.7 Å². The van der Waals surface area contributed by atoms with Crippen molar-refractivity contribution in [2.45, 2.75) is 6.29 Å². The number of hydrogen-bond donors (Lipinski definition) is 0. The van der Waals surface area contributed by atoms with Crippen LogP contribution in [0.3, 0.4) is 0 Å². The third-order valence-corrected chi connectivity index (χ3v) is 2.58. The Hall–Kier alpha value is 0.260. The maximum Gasteiger partial charge on any atom is 0.318 e. The smallest absolute Gasteiger partial charge is 0.318 e. The molecule has 1 unspecified atom stereocenters. The Morgan fingerprint density at radius 1 is 1.82 bits per heavy atom. The van der Waals surface area contributed by atoms with E-state index in [0.29, 0.717) is 6.61 Å². The van der Waals surface area contributed by atoms with Crippen LogP contribution in [0.1, 0.15) is 0 Å². The minimum atomic E-state index is -0.334. The van der Waals surface area contributed by atoms with Gasteiger partial charge in [0.25, 0.3) is 0 Å². The van der Waals surface area contributed by atoms with Crippen molar-refractivity contribution in [3.63, 3.8) is 0 Å². The molecule has 0 spiro atoms. The fourth-order valence-corrected chi connectivity index (χ4v) is 1.58. The SMILES string of the molecule is O=C(CBr)OC1CSCCO1. The van der Waals surface area contributed by atoms with E-state index >= 15 is 0 Å². The molecule has 1 fully saturated rings. The molecule has 1 saturated heterocycles. The Bertz CT molecular complexity index is 136. The molecule has 0 aromatic heterocycles. The topological polar surface area (TPSA) is 35.5 Å². The van der Waals surface area contributed by atoms with Gasteiger partial charge in [0.1, 0.15) is 5.33 Å². The van der Waals surface area contributed by atoms with E-state index in [1.807, 2.05) is 0 Å². The summed E-state index contributed by atoms with van der Waals surface area (Å²) in [4.78, 5) is 10.7. The predicted molar refractivity (Wildman–Crippen MR) is 47.0 cm³/mol. The highest BCUT2D eigenvalue weighted by Crippen LogP contribution is 2.13. The summed E-state index contributed by atoms with van der Waals surface area (Å²) in [7, 11) is 0. The van der Waals surface area contributed by atoms with Gasteiger partial charge >= 0.3 is 5.97 Å². The molecule has 0 aromatic carbocycles. The largest absolute Gasteiger partial charge is 0.434 e. The van der Waals surface area contributed by atoms with Crippen LogP contribution in [0, 0.1) is 0 Å². The van der Waals surface area contributed by atoms with Crippen molar-refractivity contribution >= 4 is 33.7 Å². The van der Waals surface area contributed by atoms with Crippen molar-refractivity contribution in [1.29, 1.82) is 0 Å². The van der Waals surface area contributed by atoms with Crippen molar-refractivity contribution in [2.24, 2.45) is 0 Å². The van der Waals surface area contributed by atoms with Crippen molar-refractivity contribution in [2.75, 3.05) is 23.4 Å². The van der Waals surface area contributed by atoms with Gasteiger partial charge in [0.15, 0.2) is 0 Å². The molecule has 0 bridgehead atoms. The van der Waals surface area contributed by atoms with Crippen molar-refractivity contribution < 1.29 is 14.3 Å². The van der Waals surface area contributed by atoms with Gasteiger partial charge in [-0.1, -0.05) is 15.9 Å². The number of ether oxygens (including phenoxy) is 2. The summed E-state index contributed by atoms with van der Waals surface area (Å²) in [5.41, 5.74) is 0. The highest BCUT2D eigenvalue weighted by Gasteiger charge is 2.17. The lowest BCUT2D eigenvalue weighted by atomic mass is 10.7.